The largest absolute Gasteiger partial charge is 1.00 e. The van der Waals surface area contributed by atoms with Gasteiger partial charge in [-0.1, -0.05) is 17.9 Å². The summed E-state index contributed by atoms with van der Waals surface area (Å²) in [7, 11) is -9.11. The van der Waals surface area contributed by atoms with Crippen molar-refractivity contribution in [2.75, 3.05) is 10.6 Å². The van der Waals surface area contributed by atoms with Gasteiger partial charge in [0.05, 0.1) is 10.6 Å². The van der Waals surface area contributed by atoms with Crippen LogP contribution in [0, 0.1) is 0 Å². The molecule has 0 atom stereocenters. The number of rotatable bonds is 8. The van der Waals surface area contributed by atoms with E-state index in [0.717, 1.165) is 12.1 Å². The number of nitrogens with zero attached hydrogens (tertiary/aromatic N) is 5. The van der Waals surface area contributed by atoms with E-state index in [1.807, 2.05) is 0 Å². The molecule has 0 saturated carbocycles. The minimum Gasteiger partial charge on any atom is -0.872 e. The van der Waals surface area contributed by atoms with E-state index in [1.165, 1.54) is 36.4 Å². The second-order valence-corrected chi connectivity index (χ2v) is 11.8. The molecule has 5 rings (SSSR count). The molecule has 0 saturated heterocycles. The van der Waals surface area contributed by atoms with E-state index < -0.39 is 36.6 Å². The van der Waals surface area contributed by atoms with Gasteiger partial charge in [-0.3, -0.25) is 9.11 Å². The van der Waals surface area contributed by atoms with E-state index in [2.05, 4.69) is 35.8 Å². The first-order valence-electron chi connectivity index (χ1n) is 11.7. The fourth-order valence-corrected chi connectivity index (χ4v) is 5.06. The van der Waals surface area contributed by atoms with E-state index in [-0.39, 0.29) is 92.6 Å². The third kappa shape index (κ3) is 9.30. The van der Waals surface area contributed by atoms with Gasteiger partial charge < -0.3 is 20.8 Å². The van der Waals surface area contributed by atoms with Crippen molar-refractivity contribution < 1.29 is 95.3 Å². The van der Waals surface area contributed by atoms with Crippen LogP contribution in [0.2, 0.25) is 5.28 Å². The number of aromatic nitrogens is 3. The van der Waals surface area contributed by atoms with Crippen molar-refractivity contribution in [3.8, 4) is 11.5 Å². The summed E-state index contributed by atoms with van der Waals surface area (Å²) in [6, 6.07) is 15.4. The van der Waals surface area contributed by atoms with Crippen LogP contribution in [0.25, 0.3) is 10.8 Å². The Hall–Kier alpha value is -2.94. The van der Waals surface area contributed by atoms with Crippen molar-refractivity contribution in [3.05, 3.63) is 78.1 Å². The number of nitrogens with one attached hydrogen (secondary N) is 2. The van der Waals surface area contributed by atoms with Gasteiger partial charge in [0.25, 0.3) is 20.2 Å². The van der Waals surface area contributed by atoms with Crippen molar-refractivity contribution in [1.29, 1.82) is 0 Å². The standard InChI is InChI=1S/C25H18ClN7O8S2.2Na/c26-23-29-24(27-14-1-5-18(6-2-14)42(36,37)38)31-25(30-23)28-15-3-7-19-13(9-15)10-16(11-21(19)35)32-33-20-8-4-17(34)12-22(20)43(39,40)41;;/h1-12,34-35H,(H,36,37,38)(H,39,40,41)(H2,27,28,29,30,31);;/q;2*+1/p-2. The zero-order valence-electron chi connectivity index (χ0n) is 23.2. The Morgan fingerprint density at radius 1 is 0.711 bits per heavy atom. The molecule has 0 aliphatic carbocycles. The summed E-state index contributed by atoms with van der Waals surface area (Å²) >= 11 is 6.05. The van der Waals surface area contributed by atoms with E-state index in [9.17, 15) is 31.6 Å². The number of benzene rings is 4. The van der Waals surface area contributed by atoms with Crippen molar-refractivity contribution in [3.63, 3.8) is 0 Å². The molecule has 0 unspecified atom stereocenters. The monoisotopic (exact) mass is 687 g/mol. The Kier molecular flexibility index (Phi) is 11.9. The van der Waals surface area contributed by atoms with E-state index in [0.29, 0.717) is 28.2 Å². The molecule has 0 bridgehead atoms. The summed E-state index contributed by atoms with van der Waals surface area (Å²) in [6.07, 6.45) is 0. The molecule has 4 aromatic carbocycles. The predicted octanol–water partition coefficient (Wildman–Crippen LogP) is -1.77. The van der Waals surface area contributed by atoms with Crippen LogP contribution in [0.3, 0.4) is 0 Å². The van der Waals surface area contributed by atoms with Crippen LogP contribution in [0.15, 0.2) is 92.8 Å². The number of halogens is 1. The average molecular weight is 688 g/mol. The summed E-state index contributed by atoms with van der Waals surface area (Å²) in [5, 5.41) is 38.3. The summed E-state index contributed by atoms with van der Waals surface area (Å²) in [6.45, 7) is 0. The smallest absolute Gasteiger partial charge is 0.872 e. The van der Waals surface area contributed by atoms with Gasteiger partial charge in [0, 0.05) is 11.4 Å². The topological polar surface area (TPSA) is 242 Å². The van der Waals surface area contributed by atoms with Crippen LogP contribution in [0.1, 0.15) is 0 Å². The van der Waals surface area contributed by atoms with Gasteiger partial charge in [0.15, 0.2) is 0 Å². The Balaban J connectivity index is 0.00000276. The molecule has 0 spiro atoms. The quantitative estimate of drug-likeness (QED) is 0.0803. The summed E-state index contributed by atoms with van der Waals surface area (Å²) < 4.78 is 64.2. The van der Waals surface area contributed by atoms with Gasteiger partial charge in [-0.05, 0) is 83.0 Å². The molecule has 0 radical (unpaired) electrons. The summed E-state index contributed by atoms with van der Waals surface area (Å²) in [5.74, 6) is -1.02. The molecule has 0 aliphatic rings. The molecule has 0 aliphatic heterocycles. The Labute approximate surface area is 304 Å². The molecule has 1 heterocycles. The van der Waals surface area contributed by atoms with Gasteiger partial charge in [0.2, 0.25) is 17.2 Å². The molecule has 20 heteroatoms. The van der Waals surface area contributed by atoms with Crippen molar-refractivity contribution in [1.82, 2.24) is 15.0 Å². The first-order chi connectivity index (χ1) is 20.2. The molecule has 0 fully saturated rings. The maximum Gasteiger partial charge on any atom is 1.00 e. The van der Waals surface area contributed by atoms with Gasteiger partial charge in [-0.25, -0.2) is 0 Å². The van der Waals surface area contributed by atoms with E-state index >= 15 is 0 Å². The predicted molar refractivity (Wildman–Crippen MR) is 151 cm³/mol. The van der Waals surface area contributed by atoms with Gasteiger partial charge in [-0.15, -0.1) is 10.9 Å². The molecular weight excluding hydrogens is 672 g/mol. The van der Waals surface area contributed by atoms with Crippen molar-refractivity contribution in [2.24, 2.45) is 10.2 Å². The average Bonchev–Trinajstić information content (AvgIpc) is 2.91. The van der Waals surface area contributed by atoms with Crippen LogP contribution in [0.4, 0.5) is 34.6 Å². The van der Waals surface area contributed by atoms with Gasteiger partial charge in [0.1, 0.15) is 10.6 Å². The molecule has 1 aromatic heterocycles. The van der Waals surface area contributed by atoms with Crippen LogP contribution < -0.4 is 80.0 Å². The molecule has 15 nitrogen and oxygen atoms in total. The van der Waals surface area contributed by atoms with Gasteiger partial charge >= 0.3 is 59.1 Å². The van der Waals surface area contributed by atoms with Crippen LogP contribution in [0.5, 0.6) is 11.5 Å². The number of hydrogen-bond acceptors (Lipinski definition) is 13. The molecule has 220 valence electrons. The Morgan fingerprint density at radius 2 is 1.33 bits per heavy atom. The zero-order valence-corrected chi connectivity index (χ0v) is 29.6. The molecule has 45 heavy (non-hydrogen) atoms. The molecule has 4 N–H and O–H groups in total. The van der Waals surface area contributed by atoms with E-state index in [4.69, 9.17) is 16.2 Å². The molecule has 5 aromatic rings. The number of fused-ring (bicyclic) bond motifs is 1. The first kappa shape index (κ1) is 36.5. The normalized spacial score (nSPS) is 11.5. The van der Waals surface area contributed by atoms with Gasteiger partial charge in [-0.2, -0.15) is 36.9 Å². The summed E-state index contributed by atoms with van der Waals surface area (Å²) in [5.41, 5.74) is 0.600. The third-order valence-corrected chi connectivity index (χ3v) is 7.57. The number of anilines is 4. The minimum absolute atomic E-state index is 0. The number of azo groups is 1. The SMILES string of the molecule is O=S(=O)(O)c1ccc(Nc2nc(Cl)nc(Nc3ccc4c([O-])cc(N=Nc5ccc([O-])cc5S(=O)(=O)O)cc4c3)n2)cc1.[Na+].[Na+]. The number of hydrogen-bond donors (Lipinski definition) is 4. The molecular formula is C25H16ClN7Na2O8S2. The maximum absolute atomic E-state index is 12.7. The first-order valence-corrected chi connectivity index (χ1v) is 15.0. The Bertz CT molecular complexity index is 2140. The second-order valence-electron chi connectivity index (χ2n) is 8.69. The van der Waals surface area contributed by atoms with E-state index in [1.54, 1.807) is 18.2 Å². The van der Waals surface area contributed by atoms with Crippen LogP contribution >= 0.6 is 11.6 Å². The van der Waals surface area contributed by atoms with Crippen LogP contribution in [-0.4, -0.2) is 40.9 Å². The zero-order chi connectivity index (χ0) is 30.9. The molecule has 0 amide bonds. The third-order valence-electron chi connectivity index (χ3n) is 5.65. The minimum atomic E-state index is -4.75. The summed E-state index contributed by atoms with van der Waals surface area (Å²) in [4.78, 5) is 11.2. The van der Waals surface area contributed by atoms with Crippen LogP contribution in [-0.2, 0) is 20.2 Å². The van der Waals surface area contributed by atoms with Crippen molar-refractivity contribution >= 4 is 77.3 Å². The fourth-order valence-electron chi connectivity index (χ4n) is 3.78. The Morgan fingerprint density at radius 3 is 1.96 bits per heavy atom. The second kappa shape index (κ2) is 14.7. The van der Waals surface area contributed by atoms with Crippen molar-refractivity contribution in [2.45, 2.75) is 9.79 Å². The maximum atomic E-state index is 12.7. The fraction of sp³-hybridized carbons (Fsp3) is 0.